The largest absolute Gasteiger partial charge is 0.508 e. The summed E-state index contributed by atoms with van der Waals surface area (Å²) in [6.45, 7) is 0. The molecule has 2 aromatic carbocycles. The molecule has 0 fully saturated rings. The fourth-order valence-corrected chi connectivity index (χ4v) is 1.78. The minimum atomic E-state index is -0.495. The van der Waals surface area contributed by atoms with Crippen LogP contribution in [-0.4, -0.2) is 21.4 Å². The Labute approximate surface area is 131 Å². The van der Waals surface area contributed by atoms with E-state index >= 15 is 0 Å². The molecule has 0 unspecified atom stereocenters. The summed E-state index contributed by atoms with van der Waals surface area (Å²) in [5, 5.41) is 26.8. The van der Waals surface area contributed by atoms with Crippen molar-refractivity contribution in [3.8, 4) is 5.75 Å². The second kappa shape index (κ2) is 7.14. The first-order valence-corrected chi connectivity index (χ1v) is 6.59. The Bertz CT molecular complexity index is 716. The zero-order chi connectivity index (χ0) is 15.9. The van der Waals surface area contributed by atoms with Crippen molar-refractivity contribution in [2.24, 2.45) is 5.10 Å². The summed E-state index contributed by atoms with van der Waals surface area (Å²) in [6, 6.07) is 12.6. The highest BCUT2D eigenvalue weighted by atomic mass is 32.1. The number of hydrogen-bond acceptors (Lipinski definition) is 5. The van der Waals surface area contributed by atoms with Crippen molar-refractivity contribution < 1.29 is 10.0 Å². The Kier molecular flexibility index (Phi) is 4.99. The van der Waals surface area contributed by atoms with Gasteiger partial charge < -0.3 is 10.4 Å². The second-order valence-corrected chi connectivity index (χ2v) is 4.60. The molecule has 0 bridgehead atoms. The van der Waals surface area contributed by atoms with Crippen LogP contribution in [0.2, 0.25) is 0 Å². The highest BCUT2D eigenvalue weighted by Gasteiger charge is 2.12. The van der Waals surface area contributed by atoms with Crippen molar-refractivity contribution in [3.63, 3.8) is 0 Å². The average molecular weight is 316 g/mol. The molecule has 2 rings (SSSR count). The third kappa shape index (κ3) is 4.25. The van der Waals surface area contributed by atoms with Crippen LogP contribution < -0.4 is 10.7 Å². The second-order valence-electron chi connectivity index (χ2n) is 4.19. The summed E-state index contributed by atoms with van der Waals surface area (Å²) in [4.78, 5) is 10.4. The van der Waals surface area contributed by atoms with E-state index in [9.17, 15) is 10.1 Å². The molecule has 3 N–H and O–H groups in total. The number of rotatable bonds is 4. The lowest BCUT2D eigenvalue weighted by Crippen LogP contribution is -2.24. The van der Waals surface area contributed by atoms with Crippen LogP contribution in [0.4, 0.5) is 11.4 Å². The molecule has 0 spiro atoms. The van der Waals surface area contributed by atoms with E-state index in [0.29, 0.717) is 0 Å². The molecule has 0 atom stereocenters. The fourth-order valence-electron chi connectivity index (χ4n) is 1.61. The van der Waals surface area contributed by atoms with Crippen LogP contribution in [0.3, 0.4) is 0 Å². The molecule has 2 aromatic rings. The van der Waals surface area contributed by atoms with Crippen LogP contribution in [0.15, 0.2) is 53.6 Å². The number of nitrogens with one attached hydrogen (secondary N) is 2. The SMILES string of the molecule is O=[N+]([O-])c1ccccc1NC(=S)N/N=C/c1ccc(O)cc1. The van der Waals surface area contributed by atoms with Gasteiger partial charge in [-0.2, -0.15) is 5.10 Å². The smallest absolute Gasteiger partial charge is 0.292 e. The van der Waals surface area contributed by atoms with Crippen molar-refractivity contribution in [3.05, 3.63) is 64.2 Å². The molecule has 0 aliphatic carbocycles. The summed E-state index contributed by atoms with van der Waals surface area (Å²) in [5.74, 6) is 0.165. The Hall–Kier alpha value is -3.00. The molecule has 0 aromatic heterocycles. The standard InChI is InChI=1S/C14H12N4O3S/c19-11-7-5-10(6-8-11)9-15-17-14(22)16-12-3-1-2-4-13(12)18(20)21/h1-9,19H,(H2,16,17,22)/b15-9+. The summed E-state index contributed by atoms with van der Waals surface area (Å²) >= 11 is 5.02. The van der Waals surface area contributed by atoms with Gasteiger partial charge in [0.2, 0.25) is 0 Å². The molecule has 0 aliphatic rings. The lowest BCUT2D eigenvalue weighted by molar-refractivity contribution is -0.383. The predicted molar refractivity (Wildman–Crippen MR) is 88.2 cm³/mol. The summed E-state index contributed by atoms with van der Waals surface area (Å²) in [6.07, 6.45) is 1.51. The molecule has 0 amide bonds. The van der Waals surface area contributed by atoms with Gasteiger partial charge in [0.1, 0.15) is 11.4 Å². The van der Waals surface area contributed by atoms with Gasteiger partial charge in [-0.3, -0.25) is 15.5 Å². The van der Waals surface area contributed by atoms with Gasteiger partial charge in [-0.15, -0.1) is 0 Å². The summed E-state index contributed by atoms with van der Waals surface area (Å²) in [5.41, 5.74) is 3.54. The Balaban J connectivity index is 1.96. The quantitative estimate of drug-likeness (QED) is 0.347. The monoisotopic (exact) mass is 316 g/mol. The molecular weight excluding hydrogens is 304 g/mol. The van der Waals surface area contributed by atoms with Crippen molar-refractivity contribution in [1.82, 2.24) is 5.43 Å². The zero-order valence-corrected chi connectivity index (χ0v) is 12.1. The van der Waals surface area contributed by atoms with Gasteiger partial charge in [-0.25, -0.2) is 0 Å². The number of hydrogen-bond donors (Lipinski definition) is 3. The van der Waals surface area contributed by atoms with Crippen molar-refractivity contribution in [2.75, 3.05) is 5.32 Å². The van der Waals surface area contributed by atoms with Gasteiger partial charge in [0.15, 0.2) is 5.11 Å². The van der Waals surface area contributed by atoms with E-state index in [1.165, 1.54) is 24.4 Å². The number of nitrogens with zero attached hydrogens (tertiary/aromatic N) is 2. The number of phenolic OH excluding ortho intramolecular Hbond substituents is 1. The molecule has 8 heteroatoms. The van der Waals surface area contributed by atoms with Gasteiger partial charge in [-0.05, 0) is 48.1 Å². The summed E-state index contributed by atoms with van der Waals surface area (Å²) in [7, 11) is 0. The van der Waals surface area contributed by atoms with Gasteiger partial charge in [0.05, 0.1) is 11.1 Å². The molecule has 0 radical (unpaired) electrons. The fraction of sp³-hybridized carbons (Fsp3) is 0. The molecule has 0 saturated carbocycles. The van der Waals surface area contributed by atoms with Crippen LogP contribution in [-0.2, 0) is 0 Å². The highest BCUT2D eigenvalue weighted by molar-refractivity contribution is 7.80. The normalized spacial score (nSPS) is 10.4. The lowest BCUT2D eigenvalue weighted by atomic mass is 10.2. The Morgan fingerprint density at radius 2 is 1.91 bits per heavy atom. The first kappa shape index (κ1) is 15.4. The van der Waals surface area contributed by atoms with Crippen LogP contribution in [0, 0.1) is 10.1 Å². The van der Waals surface area contributed by atoms with E-state index in [-0.39, 0.29) is 22.2 Å². The summed E-state index contributed by atoms with van der Waals surface area (Å²) < 4.78 is 0. The maximum atomic E-state index is 10.9. The van der Waals surface area contributed by atoms with Crippen LogP contribution in [0.1, 0.15) is 5.56 Å². The van der Waals surface area contributed by atoms with E-state index < -0.39 is 4.92 Å². The third-order valence-corrected chi connectivity index (χ3v) is 2.82. The maximum Gasteiger partial charge on any atom is 0.292 e. The van der Waals surface area contributed by atoms with Gasteiger partial charge in [0.25, 0.3) is 5.69 Å². The number of hydrazone groups is 1. The van der Waals surface area contributed by atoms with E-state index in [0.717, 1.165) is 5.56 Å². The molecule has 7 nitrogen and oxygen atoms in total. The van der Waals surface area contributed by atoms with Crippen molar-refractivity contribution in [2.45, 2.75) is 0 Å². The van der Waals surface area contributed by atoms with Crippen LogP contribution in [0.5, 0.6) is 5.75 Å². The zero-order valence-electron chi connectivity index (χ0n) is 11.3. The van der Waals surface area contributed by atoms with Crippen molar-refractivity contribution >= 4 is 34.9 Å². The maximum absolute atomic E-state index is 10.9. The highest BCUT2D eigenvalue weighted by Crippen LogP contribution is 2.22. The van der Waals surface area contributed by atoms with Gasteiger partial charge in [0, 0.05) is 6.07 Å². The first-order chi connectivity index (χ1) is 10.6. The topological polar surface area (TPSA) is 99.8 Å². The number of para-hydroxylation sites is 2. The number of aromatic hydroxyl groups is 1. The van der Waals surface area contributed by atoms with Crippen molar-refractivity contribution in [1.29, 1.82) is 0 Å². The van der Waals surface area contributed by atoms with E-state index in [4.69, 9.17) is 17.3 Å². The first-order valence-electron chi connectivity index (χ1n) is 6.19. The third-order valence-electron chi connectivity index (χ3n) is 2.62. The molecule has 22 heavy (non-hydrogen) atoms. The number of anilines is 1. The van der Waals surface area contributed by atoms with Crippen LogP contribution >= 0.6 is 12.2 Å². The lowest BCUT2D eigenvalue weighted by Gasteiger charge is -2.07. The minimum absolute atomic E-state index is 0.0748. The molecule has 0 heterocycles. The molecule has 0 aliphatic heterocycles. The Morgan fingerprint density at radius 1 is 1.23 bits per heavy atom. The van der Waals surface area contributed by atoms with Crippen LogP contribution in [0.25, 0.3) is 0 Å². The molecular formula is C14H12N4O3S. The number of benzene rings is 2. The minimum Gasteiger partial charge on any atom is -0.508 e. The van der Waals surface area contributed by atoms with Gasteiger partial charge in [-0.1, -0.05) is 12.1 Å². The predicted octanol–water partition coefficient (Wildman–Crippen LogP) is 2.62. The van der Waals surface area contributed by atoms with E-state index in [1.54, 1.807) is 30.3 Å². The van der Waals surface area contributed by atoms with Gasteiger partial charge >= 0.3 is 0 Å². The Morgan fingerprint density at radius 3 is 2.59 bits per heavy atom. The molecule has 112 valence electrons. The molecule has 0 saturated heterocycles. The number of phenols is 1. The van der Waals surface area contributed by atoms with E-state index in [1.807, 2.05) is 0 Å². The van der Waals surface area contributed by atoms with E-state index in [2.05, 4.69) is 15.8 Å². The number of nitro groups is 1. The number of nitro benzene ring substituents is 1. The average Bonchev–Trinajstić information content (AvgIpc) is 2.49. The number of thiocarbonyl (C=S) groups is 1.